The van der Waals surface area contributed by atoms with Gasteiger partial charge in [-0.25, -0.2) is 0 Å². The van der Waals surface area contributed by atoms with Crippen LogP contribution in [0.5, 0.6) is 0 Å². The molecule has 2 heteroatoms. The van der Waals surface area contributed by atoms with Crippen LogP contribution in [0.2, 0.25) is 0 Å². The fourth-order valence-corrected chi connectivity index (χ4v) is 2.19. The molecule has 0 amide bonds. The van der Waals surface area contributed by atoms with Gasteiger partial charge in [0.1, 0.15) is 0 Å². The van der Waals surface area contributed by atoms with E-state index in [0.717, 1.165) is 5.69 Å². The minimum atomic E-state index is 0.658. The summed E-state index contributed by atoms with van der Waals surface area (Å²) in [6, 6.07) is 8.86. The molecule has 76 valence electrons. The highest BCUT2D eigenvalue weighted by molar-refractivity contribution is 5.56. The SMILES string of the molecule is CC1CCCCN1c1cccc(N)c1. The van der Waals surface area contributed by atoms with E-state index in [4.69, 9.17) is 5.73 Å². The number of piperidine rings is 1. The highest BCUT2D eigenvalue weighted by Crippen LogP contribution is 2.25. The highest BCUT2D eigenvalue weighted by Gasteiger charge is 2.18. The van der Waals surface area contributed by atoms with E-state index in [0.29, 0.717) is 6.04 Å². The summed E-state index contributed by atoms with van der Waals surface area (Å²) in [7, 11) is 0. The Labute approximate surface area is 85.7 Å². The number of anilines is 2. The van der Waals surface area contributed by atoms with E-state index in [1.807, 2.05) is 12.1 Å². The zero-order valence-corrected chi connectivity index (χ0v) is 8.74. The molecule has 1 atom stereocenters. The fourth-order valence-electron chi connectivity index (χ4n) is 2.19. The molecule has 1 saturated heterocycles. The molecule has 0 spiro atoms. The van der Waals surface area contributed by atoms with Gasteiger partial charge in [-0.3, -0.25) is 0 Å². The van der Waals surface area contributed by atoms with Crippen LogP contribution in [0.3, 0.4) is 0 Å². The second-order valence-corrected chi connectivity index (χ2v) is 4.13. The molecular formula is C12H18N2. The Hall–Kier alpha value is -1.18. The van der Waals surface area contributed by atoms with Gasteiger partial charge in [-0.2, -0.15) is 0 Å². The van der Waals surface area contributed by atoms with Crippen molar-refractivity contribution in [1.82, 2.24) is 0 Å². The maximum atomic E-state index is 5.78. The molecule has 0 bridgehead atoms. The summed E-state index contributed by atoms with van der Waals surface area (Å²) in [5, 5.41) is 0. The molecule has 2 nitrogen and oxygen atoms in total. The number of nitrogens with two attached hydrogens (primary N) is 1. The van der Waals surface area contributed by atoms with Crippen LogP contribution < -0.4 is 10.6 Å². The maximum absolute atomic E-state index is 5.78. The fraction of sp³-hybridized carbons (Fsp3) is 0.500. The van der Waals surface area contributed by atoms with Crippen molar-refractivity contribution >= 4 is 11.4 Å². The number of benzene rings is 1. The van der Waals surface area contributed by atoms with E-state index in [1.54, 1.807) is 0 Å². The summed E-state index contributed by atoms with van der Waals surface area (Å²) in [5.41, 5.74) is 7.92. The Bertz CT molecular complexity index is 309. The summed E-state index contributed by atoms with van der Waals surface area (Å²) >= 11 is 0. The summed E-state index contributed by atoms with van der Waals surface area (Å²) < 4.78 is 0. The minimum absolute atomic E-state index is 0.658. The summed E-state index contributed by atoms with van der Waals surface area (Å²) in [6.45, 7) is 3.47. The van der Waals surface area contributed by atoms with Crippen LogP contribution in [0.25, 0.3) is 0 Å². The van der Waals surface area contributed by atoms with Crippen molar-refractivity contribution in [3.8, 4) is 0 Å². The lowest BCUT2D eigenvalue weighted by atomic mass is 10.0. The van der Waals surface area contributed by atoms with Crippen molar-refractivity contribution in [3.63, 3.8) is 0 Å². The number of hydrogen-bond acceptors (Lipinski definition) is 2. The van der Waals surface area contributed by atoms with Gasteiger partial charge in [0.15, 0.2) is 0 Å². The molecule has 0 radical (unpaired) electrons. The van der Waals surface area contributed by atoms with E-state index in [1.165, 1.54) is 31.5 Å². The predicted octanol–water partition coefficient (Wildman–Crippen LogP) is 2.65. The molecule has 0 saturated carbocycles. The smallest absolute Gasteiger partial charge is 0.0389 e. The molecule has 1 unspecified atom stereocenters. The van der Waals surface area contributed by atoms with Crippen molar-refractivity contribution in [2.24, 2.45) is 0 Å². The molecule has 0 aliphatic carbocycles. The van der Waals surface area contributed by atoms with E-state index in [-0.39, 0.29) is 0 Å². The zero-order chi connectivity index (χ0) is 9.97. The molecule has 1 fully saturated rings. The molecule has 14 heavy (non-hydrogen) atoms. The van der Waals surface area contributed by atoms with Crippen LogP contribution in [-0.4, -0.2) is 12.6 Å². The van der Waals surface area contributed by atoms with Gasteiger partial charge in [-0.15, -0.1) is 0 Å². The normalized spacial score (nSPS) is 22.4. The summed E-state index contributed by atoms with van der Waals surface area (Å²) in [6.07, 6.45) is 3.97. The Morgan fingerprint density at radius 1 is 1.36 bits per heavy atom. The third-order valence-corrected chi connectivity index (χ3v) is 3.00. The summed E-state index contributed by atoms with van der Waals surface area (Å²) in [5.74, 6) is 0. The van der Waals surface area contributed by atoms with Crippen molar-refractivity contribution in [2.75, 3.05) is 17.2 Å². The number of nitrogens with zero attached hydrogens (tertiary/aromatic N) is 1. The quantitative estimate of drug-likeness (QED) is 0.690. The van der Waals surface area contributed by atoms with Crippen LogP contribution in [0.15, 0.2) is 24.3 Å². The Morgan fingerprint density at radius 2 is 2.21 bits per heavy atom. The largest absolute Gasteiger partial charge is 0.399 e. The lowest BCUT2D eigenvalue weighted by Gasteiger charge is -2.35. The van der Waals surface area contributed by atoms with Gasteiger partial charge in [-0.1, -0.05) is 6.07 Å². The second kappa shape index (κ2) is 3.91. The predicted molar refractivity (Wildman–Crippen MR) is 61.5 cm³/mol. The third-order valence-electron chi connectivity index (χ3n) is 3.00. The molecule has 1 heterocycles. The molecular weight excluding hydrogens is 172 g/mol. The van der Waals surface area contributed by atoms with E-state index < -0.39 is 0 Å². The number of nitrogen functional groups attached to an aromatic ring is 1. The van der Waals surface area contributed by atoms with Crippen molar-refractivity contribution in [2.45, 2.75) is 32.2 Å². The first-order valence-electron chi connectivity index (χ1n) is 5.39. The van der Waals surface area contributed by atoms with Gasteiger partial charge in [0.25, 0.3) is 0 Å². The monoisotopic (exact) mass is 190 g/mol. The highest BCUT2D eigenvalue weighted by atomic mass is 15.2. The van der Waals surface area contributed by atoms with Gasteiger partial charge < -0.3 is 10.6 Å². The third kappa shape index (κ3) is 1.84. The van der Waals surface area contributed by atoms with Gasteiger partial charge >= 0.3 is 0 Å². The van der Waals surface area contributed by atoms with Crippen LogP contribution in [0.4, 0.5) is 11.4 Å². The van der Waals surface area contributed by atoms with Crippen molar-refractivity contribution in [3.05, 3.63) is 24.3 Å². The van der Waals surface area contributed by atoms with E-state index in [9.17, 15) is 0 Å². The van der Waals surface area contributed by atoms with Crippen molar-refractivity contribution in [1.29, 1.82) is 0 Å². The van der Waals surface area contributed by atoms with Crippen LogP contribution in [-0.2, 0) is 0 Å². The molecule has 0 aromatic heterocycles. The van der Waals surface area contributed by atoms with Gasteiger partial charge in [-0.05, 0) is 44.4 Å². The molecule has 1 aromatic carbocycles. The first kappa shape index (κ1) is 9.38. The topological polar surface area (TPSA) is 29.3 Å². The average molecular weight is 190 g/mol. The Balaban J connectivity index is 2.20. The molecule has 1 aliphatic heterocycles. The van der Waals surface area contributed by atoms with Gasteiger partial charge in [0.2, 0.25) is 0 Å². The van der Waals surface area contributed by atoms with Gasteiger partial charge in [0.05, 0.1) is 0 Å². The molecule has 2 rings (SSSR count). The lowest BCUT2D eigenvalue weighted by molar-refractivity contribution is 0.485. The standard InChI is InChI=1S/C12H18N2/c1-10-5-2-3-8-14(10)12-7-4-6-11(13)9-12/h4,6-7,9-10H,2-3,5,8,13H2,1H3. The molecule has 1 aliphatic rings. The first-order valence-corrected chi connectivity index (χ1v) is 5.39. The number of rotatable bonds is 1. The maximum Gasteiger partial charge on any atom is 0.0389 e. The zero-order valence-electron chi connectivity index (χ0n) is 8.74. The second-order valence-electron chi connectivity index (χ2n) is 4.13. The number of hydrogen-bond donors (Lipinski definition) is 1. The van der Waals surface area contributed by atoms with Crippen LogP contribution in [0, 0.1) is 0 Å². The van der Waals surface area contributed by atoms with Crippen LogP contribution in [0.1, 0.15) is 26.2 Å². The Kier molecular flexibility index (Phi) is 2.62. The summed E-state index contributed by atoms with van der Waals surface area (Å²) in [4.78, 5) is 2.46. The Morgan fingerprint density at radius 3 is 2.93 bits per heavy atom. The average Bonchev–Trinajstić information content (AvgIpc) is 2.18. The van der Waals surface area contributed by atoms with Crippen molar-refractivity contribution < 1.29 is 0 Å². The van der Waals surface area contributed by atoms with E-state index >= 15 is 0 Å². The minimum Gasteiger partial charge on any atom is -0.399 e. The molecule has 2 N–H and O–H groups in total. The van der Waals surface area contributed by atoms with E-state index in [2.05, 4.69) is 24.0 Å². The lowest BCUT2D eigenvalue weighted by Crippen LogP contribution is -2.37. The first-order chi connectivity index (χ1) is 6.77. The van der Waals surface area contributed by atoms with Crippen LogP contribution >= 0.6 is 0 Å². The van der Waals surface area contributed by atoms with Gasteiger partial charge in [0, 0.05) is 24.0 Å². The molecule has 1 aromatic rings.